The molecule has 1 atom stereocenters. The molecule has 0 aromatic carbocycles. The van der Waals surface area contributed by atoms with Gasteiger partial charge in [-0.3, -0.25) is 4.79 Å². The molecule has 2 N–H and O–H groups in total. The van der Waals surface area contributed by atoms with E-state index < -0.39 is 5.60 Å². The number of likely N-dealkylation sites (tertiary alicyclic amines) is 1. The lowest BCUT2D eigenvalue weighted by molar-refractivity contribution is -0.147. The molecule has 2 fully saturated rings. The molecule has 7 heteroatoms. The summed E-state index contributed by atoms with van der Waals surface area (Å²) in [6.45, 7) is 9.26. The Labute approximate surface area is 153 Å². The van der Waals surface area contributed by atoms with Gasteiger partial charge in [0.15, 0.2) is 0 Å². The highest BCUT2D eigenvalue weighted by atomic mass is 35.5. The Hall–Kier alpha value is -0.0700. The summed E-state index contributed by atoms with van der Waals surface area (Å²) < 4.78 is 5.58. The Morgan fingerprint density at radius 2 is 2.00 bits per heavy atom. The minimum absolute atomic E-state index is 0. The third kappa shape index (κ3) is 6.05. The molecule has 138 valence electrons. The van der Waals surface area contributed by atoms with Crippen LogP contribution in [0.1, 0.15) is 39.5 Å². The summed E-state index contributed by atoms with van der Waals surface area (Å²) in [4.78, 5) is 15.0. The SMILES string of the molecule is COC1(C(=O)NCC2CCCN(C(C)C)C2)CCNCC1.Cl.Cl. The second-order valence-corrected chi connectivity index (χ2v) is 6.76. The van der Waals surface area contributed by atoms with Crippen molar-refractivity contribution in [3.05, 3.63) is 0 Å². The third-order valence-corrected chi connectivity index (χ3v) is 5.05. The number of hydrogen-bond donors (Lipinski definition) is 2. The number of carbonyl (C=O) groups is 1. The lowest BCUT2D eigenvalue weighted by Crippen LogP contribution is -2.55. The van der Waals surface area contributed by atoms with Crippen molar-refractivity contribution < 1.29 is 9.53 Å². The molecule has 0 aromatic heterocycles. The molecule has 0 aliphatic carbocycles. The van der Waals surface area contributed by atoms with E-state index in [9.17, 15) is 4.79 Å². The standard InChI is InChI=1S/C16H31N3O2.2ClH/c1-13(2)19-10-4-5-14(12-19)11-18-15(20)16(21-3)6-8-17-9-7-16;;/h13-14,17H,4-12H2,1-3H3,(H,18,20);2*1H. The second-order valence-electron chi connectivity index (χ2n) is 6.76. The van der Waals surface area contributed by atoms with Gasteiger partial charge in [0.1, 0.15) is 5.60 Å². The maximum atomic E-state index is 12.5. The highest BCUT2D eigenvalue weighted by Gasteiger charge is 2.39. The summed E-state index contributed by atoms with van der Waals surface area (Å²) in [5.41, 5.74) is -0.613. The molecule has 2 aliphatic rings. The van der Waals surface area contributed by atoms with E-state index in [-0.39, 0.29) is 30.7 Å². The fourth-order valence-corrected chi connectivity index (χ4v) is 3.49. The topological polar surface area (TPSA) is 53.6 Å². The zero-order valence-corrected chi connectivity index (χ0v) is 16.2. The minimum atomic E-state index is -0.613. The maximum Gasteiger partial charge on any atom is 0.252 e. The number of nitrogens with zero attached hydrogens (tertiary/aromatic N) is 1. The first-order chi connectivity index (χ1) is 10.1. The predicted molar refractivity (Wildman–Crippen MR) is 98.8 cm³/mol. The summed E-state index contributed by atoms with van der Waals surface area (Å²) >= 11 is 0. The summed E-state index contributed by atoms with van der Waals surface area (Å²) in [6.07, 6.45) is 3.97. The van der Waals surface area contributed by atoms with Crippen LogP contribution in [0.15, 0.2) is 0 Å². The summed E-state index contributed by atoms with van der Waals surface area (Å²) in [5, 5.41) is 6.44. The van der Waals surface area contributed by atoms with Crippen LogP contribution in [-0.2, 0) is 9.53 Å². The van der Waals surface area contributed by atoms with Crippen LogP contribution in [0.5, 0.6) is 0 Å². The summed E-state index contributed by atoms with van der Waals surface area (Å²) in [6, 6.07) is 0.596. The number of piperidine rings is 2. The average molecular weight is 370 g/mol. The number of rotatable bonds is 5. The van der Waals surface area contributed by atoms with E-state index in [1.165, 1.54) is 19.4 Å². The normalized spacial score (nSPS) is 24.4. The van der Waals surface area contributed by atoms with E-state index >= 15 is 0 Å². The molecule has 23 heavy (non-hydrogen) atoms. The fourth-order valence-electron chi connectivity index (χ4n) is 3.49. The van der Waals surface area contributed by atoms with Crippen LogP contribution in [0, 0.1) is 5.92 Å². The zero-order valence-electron chi connectivity index (χ0n) is 14.6. The molecule has 0 spiro atoms. The van der Waals surface area contributed by atoms with E-state index in [4.69, 9.17) is 4.74 Å². The Bertz CT molecular complexity index is 350. The molecule has 1 amide bonds. The van der Waals surface area contributed by atoms with E-state index in [1.807, 2.05) is 0 Å². The van der Waals surface area contributed by atoms with E-state index in [2.05, 4.69) is 29.4 Å². The molecule has 0 saturated carbocycles. The van der Waals surface area contributed by atoms with Crippen molar-refractivity contribution >= 4 is 30.7 Å². The molecular formula is C16H33Cl2N3O2. The molecule has 0 aromatic rings. The van der Waals surface area contributed by atoms with E-state index in [0.29, 0.717) is 12.0 Å². The molecule has 2 saturated heterocycles. The lowest BCUT2D eigenvalue weighted by atomic mass is 9.90. The van der Waals surface area contributed by atoms with Gasteiger partial charge >= 0.3 is 0 Å². The van der Waals surface area contributed by atoms with Crippen molar-refractivity contribution in [3.63, 3.8) is 0 Å². The van der Waals surface area contributed by atoms with Crippen molar-refractivity contribution in [1.82, 2.24) is 15.5 Å². The first kappa shape index (κ1) is 22.9. The lowest BCUT2D eigenvalue weighted by Gasteiger charge is -2.37. The van der Waals surface area contributed by atoms with E-state index in [1.54, 1.807) is 7.11 Å². The third-order valence-electron chi connectivity index (χ3n) is 5.05. The summed E-state index contributed by atoms with van der Waals surface area (Å²) in [7, 11) is 1.66. The van der Waals surface area contributed by atoms with Gasteiger partial charge in [-0.05, 0) is 65.1 Å². The molecule has 2 rings (SSSR count). The number of halogens is 2. The van der Waals surface area contributed by atoms with Crippen molar-refractivity contribution in [2.24, 2.45) is 5.92 Å². The quantitative estimate of drug-likeness (QED) is 0.776. The molecule has 0 bridgehead atoms. The monoisotopic (exact) mass is 369 g/mol. The predicted octanol–water partition coefficient (Wildman–Crippen LogP) is 1.84. The Morgan fingerprint density at radius 1 is 1.35 bits per heavy atom. The van der Waals surface area contributed by atoms with Crippen molar-refractivity contribution in [2.75, 3.05) is 39.8 Å². The number of nitrogens with one attached hydrogen (secondary N) is 2. The van der Waals surface area contributed by atoms with Gasteiger partial charge in [-0.2, -0.15) is 0 Å². The van der Waals surface area contributed by atoms with Gasteiger partial charge < -0.3 is 20.3 Å². The smallest absolute Gasteiger partial charge is 0.252 e. The highest BCUT2D eigenvalue weighted by molar-refractivity contribution is 5.86. The van der Waals surface area contributed by atoms with Crippen molar-refractivity contribution in [2.45, 2.75) is 51.2 Å². The van der Waals surface area contributed by atoms with Crippen LogP contribution in [-0.4, -0.2) is 62.3 Å². The summed E-state index contributed by atoms with van der Waals surface area (Å²) in [5.74, 6) is 0.647. The molecule has 2 aliphatic heterocycles. The average Bonchev–Trinajstić information content (AvgIpc) is 2.53. The van der Waals surface area contributed by atoms with Gasteiger partial charge in [-0.1, -0.05) is 0 Å². The van der Waals surface area contributed by atoms with Gasteiger partial charge in [-0.15, -0.1) is 24.8 Å². The second kappa shape index (κ2) is 10.7. The van der Waals surface area contributed by atoms with Gasteiger partial charge in [-0.25, -0.2) is 0 Å². The highest BCUT2D eigenvalue weighted by Crippen LogP contribution is 2.23. The fraction of sp³-hybridized carbons (Fsp3) is 0.938. The van der Waals surface area contributed by atoms with E-state index in [0.717, 1.165) is 39.0 Å². The Balaban J connectivity index is 0.00000242. The number of methoxy groups -OCH3 is 1. The van der Waals surface area contributed by atoms with Gasteiger partial charge in [0, 0.05) is 26.2 Å². The minimum Gasteiger partial charge on any atom is -0.368 e. The zero-order chi connectivity index (χ0) is 15.3. The molecule has 5 nitrogen and oxygen atoms in total. The number of carbonyl (C=O) groups excluding carboxylic acids is 1. The first-order valence-corrected chi connectivity index (χ1v) is 8.35. The van der Waals surface area contributed by atoms with Gasteiger partial charge in [0.25, 0.3) is 5.91 Å². The van der Waals surface area contributed by atoms with Crippen LogP contribution in [0.4, 0.5) is 0 Å². The van der Waals surface area contributed by atoms with Crippen LogP contribution in [0.3, 0.4) is 0 Å². The van der Waals surface area contributed by atoms with Crippen LogP contribution >= 0.6 is 24.8 Å². The molecule has 2 heterocycles. The molecular weight excluding hydrogens is 337 g/mol. The van der Waals surface area contributed by atoms with Gasteiger partial charge in [0.05, 0.1) is 0 Å². The van der Waals surface area contributed by atoms with Crippen LogP contribution in [0.25, 0.3) is 0 Å². The van der Waals surface area contributed by atoms with Crippen LogP contribution in [0.2, 0.25) is 0 Å². The Kier molecular flexibility index (Phi) is 10.7. The van der Waals surface area contributed by atoms with Crippen molar-refractivity contribution in [3.8, 4) is 0 Å². The maximum absolute atomic E-state index is 12.5. The van der Waals surface area contributed by atoms with Gasteiger partial charge in [0.2, 0.25) is 0 Å². The number of amides is 1. The van der Waals surface area contributed by atoms with Crippen molar-refractivity contribution in [1.29, 1.82) is 0 Å². The van der Waals surface area contributed by atoms with Crippen LogP contribution < -0.4 is 10.6 Å². The molecule has 1 unspecified atom stereocenters. The number of ether oxygens (including phenoxy) is 1. The first-order valence-electron chi connectivity index (χ1n) is 8.35. The number of hydrogen-bond acceptors (Lipinski definition) is 4. The largest absolute Gasteiger partial charge is 0.368 e. The Morgan fingerprint density at radius 3 is 2.57 bits per heavy atom. The molecule has 0 radical (unpaired) electrons.